The third-order valence-electron chi connectivity index (χ3n) is 2.41. The quantitative estimate of drug-likeness (QED) is 0.606. The minimum absolute atomic E-state index is 0.0465. The van der Waals surface area contributed by atoms with Crippen molar-refractivity contribution in [1.29, 1.82) is 0 Å². The fraction of sp³-hybridized carbons (Fsp3) is 0. The molecule has 3 nitrogen and oxygen atoms in total. The largest absolute Gasteiger partial charge is 0.288 e. The number of benzene rings is 2. The smallest absolute Gasteiger partial charge is 0.258 e. The van der Waals surface area contributed by atoms with Gasteiger partial charge >= 0.3 is 0 Å². The summed E-state index contributed by atoms with van der Waals surface area (Å²) in [5.74, 6) is -2.06. The molecular weight excluding hydrogens is 264 g/mol. The van der Waals surface area contributed by atoms with Crippen LogP contribution in [0.1, 0.15) is 0 Å². The minimum atomic E-state index is -1.05. The van der Waals surface area contributed by atoms with E-state index >= 15 is 0 Å². The number of hydrogen-bond acceptors (Lipinski definition) is 2. The molecule has 0 spiro atoms. The van der Waals surface area contributed by atoms with Crippen LogP contribution in [0.3, 0.4) is 0 Å². The van der Waals surface area contributed by atoms with Gasteiger partial charge in [0.25, 0.3) is 5.69 Å². The van der Waals surface area contributed by atoms with Gasteiger partial charge in [0, 0.05) is 11.6 Å². The van der Waals surface area contributed by atoms with Crippen LogP contribution in [0.15, 0.2) is 36.4 Å². The third-order valence-corrected chi connectivity index (χ3v) is 2.73. The third kappa shape index (κ3) is 2.17. The maximum absolute atomic E-state index is 13.5. The first-order valence-electron chi connectivity index (χ1n) is 4.89. The van der Waals surface area contributed by atoms with Crippen molar-refractivity contribution in [3.05, 3.63) is 63.2 Å². The van der Waals surface area contributed by atoms with E-state index in [1.165, 1.54) is 24.3 Å². The first kappa shape index (κ1) is 12.4. The van der Waals surface area contributed by atoms with E-state index in [-0.39, 0.29) is 21.8 Å². The molecular formula is C12H6ClF2NO2. The summed E-state index contributed by atoms with van der Waals surface area (Å²) in [6, 6.07) is 7.43. The molecule has 0 saturated heterocycles. The summed E-state index contributed by atoms with van der Waals surface area (Å²) in [4.78, 5) is 10.0. The molecule has 0 N–H and O–H groups in total. The Balaban J connectivity index is 2.62. The highest BCUT2D eigenvalue weighted by Crippen LogP contribution is 2.31. The molecule has 0 aliphatic heterocycles. The highest BCUT2D eigenvalue weighted by Gasteiger charge is 2.16. The Hall–Kier alpha value is -2.01. The first-order chi connectivity index (χ1) is 8.50. The highest BCUT2D eigenvalue weighted by atomic mass is 35.5. The van der Waals surface area contributed by atoms with Crippen molar-refractivity contribution in [3.63, 3.8) is 0 Å². The molecule has 0 radical (unpaired) electrons. The summed E-state index contributed by atoms with van der Waals surface area (Å²) in [6.45, 7) is 0. The molecule has 0 fully saturated rings. The standard InChI is InChI=1S/C12H6ClF2NO2/c13-9-5-4-7(6-11(9)16(17)18)8-2-1-3-10(14)12(8)15/h1-6H. The van der Waals surface area contributed by atoms with Gasteiger partial charge in [0.1, 0.15) is 5.02 Å². The molecule has 2 aromatic carbocycles. The molecule has 0 saturated carbocycles. The lowest BCUT2D eigenvalue weighted by atomic mass is 10.0. The molecule has 18 heavy (non-hydrogen) atoms. The Morgan fingerprint density at radius 3 is 2.56 bits per heavy atom. The van der Waals surface area contributed by atoms with Crippen molar-refractivity contribution < 1.29 is 13.7 Å². The highest BCUT2D eigenvalue weighted by molar-refractivity contribution is 6.32. The normalized spacial score (nSPS) is 10.4. The van der Waals surface area contributed by atoms with Crippen LogP contribution in [0.25, 0.3) is 11.1 Å². The Morgan fingerprint density at radius 1 is 1.17 bits per heavy atom. The van der Waals surface area contributed by atoms with Crippen LogP contribution in [0, 0.1) is 21.7 Å². The van der Waals surface area contributed by atoms with Crippen LogP contribution < -0.4 is 0 Å². The van der Waals surface area contributed by atoms with Gasteiger partial charge in [-0.15, -0.1) is 0 Å². The second-order valence-corrected chi connectivity index (χ2v) is 3.93. The van der Waals surface area contributed by atoms with Gasteiger partial charge in [-0.25, -0.2) is 8.78 Å². The van der Waals surface area contributed by atoms with Crippen LogP contribution in [0.4, 0.5) is 14.5 Å². The second-order valence-electron chi connectivity index (χ2n) is 3.52. The Morgan fingerprint density at radius 2 is 1.89 bits per heavy atom. The topological polar surface area (TPSA) is 43.1 Å². The number of nitro groups is 1. The van der Waals surface area contributed by atoms with Crippen molar-refractivity contribution in [2.24, 2.45) is 0 Å². The lowest BCUT2D eigenvalue weighted by Crippen LogP contribution is -1.92. The van der Waals surface area contributed by atoms with Crippen molar-refractivity contribution in [1.82, 2.24) is 0 Å². The van der Waals surface area contributed by atoms with Crippen LogP contribution in [0.2, 0.25) is 5.02 Å². The summed E-state index contributed by atoms with van der Waals surface area (Å²) in [7, 11) is 0. The maximum atomic E-state index is 13.5. The lowest BCUT2D eigenvalue weighted by molar-refractivity contribution is -0.384. The van der Waals surface area contributed by atoms with Gasteiger partial charge in [-0.3, -0.25) is 10.1 Å². The molecule has 0 heterocycles. The number of rotatable bonds is 2. The molecule has 6 heteroatoms. The number of nitro benzene ring substituents is 1. The molecule has 0 unspecified atom stereocenters. The van der Waals surface area contributed by atoms with Crippen molar-refractivity contribution in [3.8, 4) is 11.1 Å². The zero-order valence-corrected chi connectivity index (χ0v) is 9.62. The van der Waals surface area contributed by atoms with Gasteiger partial charge in [0.15, 0.2) is 11.6 Å². The molecule has 92 valence electrons. The van der Waals surface area contributed by atoms with E-state index in [0.29, 0.717) is 0 Å². The summed E-state index contributed by atoms with van der Waals surface area (Å²) in [5.41, 5.74) is -0.198. The molecule has 2 rings (SSSR count). The van der Waals surface area contributed by atoms with E-state index in [2.05, 4.69) is 0 Å². The summed E-state index contributed by atoms with van der Waals surface area (Å²) >= 11 is 5.64. The number of halogens is 3. The van der Waals surface area contributed by atoms with Crippen LogP contribution in [-0.4, -0.2) is 4.92 Å². The monoisotopic (exact) mass is 269 g/mol. The number of nitrogens with zero attached hydrogens (tertiary/aromatic N) is 1. The van der Waals surface area contributed by atoms with Gasteiger partial charge in [-0.1, -0.05) is 29.8 Å². The van der Waals surface area contributed by atoms with Gasteiger partial charge in [0.2, 0.25) is 0 Å². The Bertz CT molecular complexity index is 631. The van der Waals surface area contributed by atoms with Crippen molar-refractivity contribution in [2.45, 2.75) is 0 Å². The fourth-order valence-electron chi connectivity index (χ4n) is 1.55. The van der Waals surface area contributed by atoms with Crippen LogP contribution in [0.5, 0.6) is 0 Å². The zero-order valence-electron chi connectivity index (χ0n) is 8.86. The Kier molecular flexibility index (Phi) is 3.25. The van der Waals surface area contributed by atoms with Crippen LogP contribution in [-0.2, 0) is 0 Å². The van der Waals surface area contributed by atoms with E-state index in [0.717, 1.165) is 12.1 Å². The maximum Gasteiger partial charge on any atom is 0.288 e. The SMILES string of the molecule is O=[N+]([O-])c1cc(-c2cccc(F)c2F)ccc1Cl. The summed E-state index contributed by atoms with van der Waals surface area (Å²) in [5, 5.41) is 10.7. The van der Waals surface area contributed by atoms with Crippen molar-refractivity contribution in [2.75, 3.05) is 0 Å². The predicted molar refractivity (Wildman–Crippen MR) is 63.5 cm³/mol. The molecule has 0 amide bonds. The molecule has 0 aromatic heterocycles. The molecule has 0 bridgehead atoms. The summed E-state index contributed by atoms with van der Waals surface area (Å²) < 4.78 is 26.6. The molecule has 0 aliphatic carbocycles. The number of hydrogen-bond donors (Lipinski definition) is 0. The minimum Gasteiger partial charge on any atom is -0.258 e. The van der Waals surface area contributed by atoms with E-state index in [9.17, 15) is 18.9 Å². The molecule has 0 atom stereocenters. The predicted octanol–water partition coefficient (Wildman–Crippen LogP) is 4.19. The lowest BCUT2D eigenvalue weighted by Gasteiger charge is -2.04. The average Bonchev–Trinajstić information content (AvgIpc) is 2.33. The van der Waals surface area contributed by atoms with Crippen molar-refractivity contribution >= 4 is 17.3 Å². The average molecular weight is 270 g/mol. The summed E-state index contributed by atoms with van der Waals surface area (Å²) in [6.07, 6.45) is 0. The zero-order chi connectivity index (χ0) is 13.3. The van der Waals surface area contributed by atoms with Crippen LogP contribution >= 0.6 is 11.6 Å². The molecule has 2 aromatic rings. The Labute approximate surface area is 106 Å². The van der Waals surface area contributed by atoms with E-state index in [1.54, 1.807) is 0 Å². The van der Waals surface area contributed by atoms with E-state index < -0.39 is 16.6 Å². The fourth-order valence-corrected chi connectivity index (χ4v) is 1.73. The van der Waals surface area contributed by atoms with Gasteiger partial charge in [-0.05, 0) is 17.7 Å². The molecule has 0 aliphatic rings. The van der Waals surface area contributed by atoms with Gasteiger partial charge < -0.3 is 0 Å². The van der Waals surface area contributed by atoms with E-state index in [1.807, 2.05) is 0 Å². The van der Waals surface area contributed by atoms with E-state index in [4.69, 9.17) is 11.6 Å². The van der Waals surface area contributed by atoms with Gasteiger partial charge in [-0.2, -0.15) is 0 Å². The first-order valence-corrected chi connectivity index (χ1v) is 5.27. The van der Waals surface area contributed by atoms with Gasteiger partial charge in [0.05, 0.1) is 4.92 Å². The second kappa shape index (κ2) is 4.70.